The number of pyridine rings is 1. The smallest absolute Gasteiger partial charge is 0.276 e. The molecule has 2 bridgehead atoms. The zero-order chi connectivity index (χ0) is 16.9. The molecule has 1 saturated heterocycles. The number of amides is 1. The second-order valence-electron chi connectivity index (χ2n) is 8.46. The van der Waals surface area contributed by atoms with Gasteiger partial charge in [-0.2, -0.15) is 0 Å². The molecule has 0 spiro atoms. The van der Waals surface area contributed by atoms with Crippen LogP contribution in [0.2, 0.25) is 0 Å². The third-order valence-electron chi connectivity index (χ3n) is 5.35. The number of carbonyl (C=O) groups is 1. The summed E-state index contributed by atoms with van der Waals surface area (Å²) < 4.78 is 5.37. The Balaban J connectivity index is 1.58. The molecule has 0 radical (unpaired) electrons. The molecule has 2 fully saturated rings. The molecule has 5 heteroatoms. The SMILES string of the molecule is CC1(C)C[C@H]2C[C@](C)(CN2C(=O)c2cc(-c3cccnc3)on2)C1. The molecule has 1 aliphatic carbocycles. The molecule has 5 nitrogen and oxygen atoms in total. The Kier molecular flexibility index (Phi) is 3.31. The number of hydrogen-bond donors (Lipinski definition) is 0. The van der Waals surface area contributed by atoms with E-state index in [4.69, 9.17) is 4.52 Å². The number of fused-ring (bicyclic) bond motifs is 2. The largest absolute Gasteiger partial charge is 0.355 e. The molecule has 0 N–H and O–H groups in total. The van der Waals surface area contributed by atoms with Crippen LogP contribution in [0.5, 0.6) is 0 Å². The Labute approximate surface area is 142 Å². The van der Waals surface area contributed by atoms with Crippen molar-refractivity contribution < 1.29 is 9.32 Å². The van der Waals surface area contributed by atoms with Gasteiger partial charge in [-0.25, -0.2) is 0 Å². The van der Waals surface area contributed by atoms with E-state index in [0.29, 0.717) is 17.5 Å². The molecule has 2 aliphatic rings. The monoisotopic (exact) mass is 325 g/mol. The molecule has 24 heavy (non-hydrogen) atoms. The lowest BCUT2D eigenvalue weighted by Gasteiger charge is -2.39. The van der Waals surface area contributed by atoms with E-state index in [9.17, 15) is 4.79 Å². The summed E-state index contributed by atoms with van der Waals surface area (Å²) in [6.45, 7) is 7.73. The van der Waals surface area contributed by atoms with E-state index in [-0.39, 0.29) is 16.7 Å². The fraction of sp³-hybridized carbons (Fsp3) is 0.526. The molecule has 1 saturated carbocycles. The van der Waals surface area contributed by atoms with Crippen molar-refractivity contribution >= 4 is 5.91 Å². The van der Waals surface area contributed by atoms with Gasteiger partial charge < -0.3 is 9.42 Å². The quantitative estimate of drug-likeness (QED) is 0.843. The highest BCUT2D eigenvalue weighted by Gasteiger charge is 2.51. The van der Waals surface area contributed by atoms with Crippen LogP contribution >= 0.6 is 0 Å². The summed E-state index contributed by atoms with van der Waals surface area (Å²) >= 11 is 0. The fourth-order valence-corrected chi connectivity index (χ4v) is 4.87. The summed E-state index contributed by atoms with van der Waals surface area (Å²) in [6, 6.07) is 5.78. The third-order valence-corrected chi connectivity index (χ3v) is 5.35. The van der Waals surface area contributed by atoms with Crippen molar-refractivity contribution in [2.45, 2.75) is 46.1 Å². The van der Waals surface area contributed by atoms with E-state index in [2.05, 4.69) is 30.9 Å². The van der Waals surface area contributed by atoms with E-state index in [1.165, 1.54) is 6.42 Å². The summed E-state index contributed by atoms with van der Waals surface area (Å²) in [6.07, 6.45) is 6.73. The number of rotatable bonds is 2. The van der Waals surface area contributed by atoms with Crippen LogP contribution in [0.4, 0.5) is 0 Å². The molecule has 0 unspecified atom stereocenters. The Morgan fingerprint density at radius 3 is 2.92 bits per heavy atom. The van der Waals surface area contributed by atoms with E-state index < -0.39 is 0 Å². The van der Waals surface area contributed by atoms with Gasteiger partial charge in [0.05, 0.1) is 0 Å². The van der Waals surface area contributed by atoms with Gasteiger partial charge in [-0.15, -0.1) is 0 Å². The first-order valence-corrected chi connectivity index (χ1v) is 8.53. The van der Waals surface area contributed by atoms with Crippen molar-refractivity contribution in [3.8, 4) is 11.3 Å². The summed E-state index contributed by atoms with van der Waals surface area (Å²) in [5.41, 5.74) is 1.73. The lowest BCUT2D eigenvalue weighted by molar-refractivity contribution is 0.0698. The summed E-state index contributed by atoms with van der Waals surface area (Å²) in [7, 11) is 0. The highest BCUT2D eigenvalue weighted by molar-refractivity contribution is 5.93. The van der Waals surface area contributed by atoms with Gasteiger partial charge in [-0.3, -0.25) is 9.78 Å². The van der Waals surface area contributed by atoms with Crippen molar-refractivity contribution in [3.05, 3.63) is 36.3 Å². The van der Waals surface area contributed by atoms with Crippen LogP contribution in [0.15, 0.2) is 35.1 Å². The number of nitrogens with zero attached hydrogens (tertiary/aromatic N) is 3. The molecule has 0 aromatic carbocycles. The maximum atomic E-state index is 13.0. The molecule has 2 atom stereocenters. The molecule has 1 amide bonds. The normalized spacial score (nSPS) is 28.1. The number of likely N-dealkylation sites (tertiary alicyclic amines) is 1. The van der Waals surface area contributed by atoms with Gasteiger partial charge in [0.2, 0.25) is 0 Å². The fourth-order valence-electron chi connectivity index (χ4n) is 4.87. The van der Waals surface area contributed by atoms with Crippen LogP contribution < -0.4 is 0 Å². The summed E-state index contributed by atoms with van der Waals surface area (Å²) in [5, 5.41) is 4.02. The zero-order valence-electron chi connectivity index (χ0n) is 14.5. The van der Waals surface area contributed by atoms with Crippen molar-refractivity contribution in [2.24, 2.45) is 10.8 Å². The molecule has 4 rings (SSSR count). The van der Waals surface area contributed by atoms with Crippen LogP contribution in [0, 0.1) is 10.8 Å². The average Bonchev–Trinajstić information content (AvgIpc) is 3.09. The van der Waals surface area contributed by atoms with Gasteiger partial charge in [0.15, 0.2) is 11.5 Å². The highest BCUT2D eigenvalue weighted by Crippen LogP contribution is 2.52. The maximum absolute atomic E-state index is 13.0. The number of aromatic nitrogens is 2. The Morgan fingerprint density at radius 1 is 1.33 bits per heavy atom. The van der Waals surface area contributed by atoms with E-state index in [1.807, 2.05) is 17.0 Å². The standard InChI is InChI=1S/C19H23N3O2/c1-18(2)8-14-9-19(3,11-18)12-22(14)17(23)15-7-16(24-21-15)13-5-4-6-20-10-13/h4-7,10,14H,8-9,11-12H2,1-3H3/t14-,19-/m0/s1. The maximum Gasteiger partial charge on any atom is 0.276 e. The van der Waals surface area contributed by atoms with Crippen molar-refractivity contribution in [1.82, 2.24) is 15.0 Å². The first-order chi connectivity index (χ1) is 11.4. The third kappa shape index (κ3) is 2.62. The van der Waals surface area contributed by atoms with Crippen molar-refractivity contribution in [2.75, 3.05) is 6.54 Å². The van der Waals surface area contributed by atoms with Crippen LogP contribution in [0.25, 0.3) is 11.3 Å². The second kappa shape index (κ2) is 5.16. The minimum atomic E-state index is -0.0136. The number of carbonyl (C=O) groups excluding carboxylic acids is 1. The molecule has 2 aromatic rings. The van der Waals surface area contributed by atoms with Gasteiger partial charge >= 0.3 is 0 Å². The lowest BCUT2D eigenvalue weighted by Crippen LogP contribution is -2.37. The molecule has 1 aliphatic heterocycles. The van der Waals surface area contributed by atoms with Gasteiger partial charge in [0.25, 0.3) is 5.91 Å². The molecule has 126 valence electrons. The Bertz CT molecular complexity index is 768. The van der Waals surface area contributed by atoms with E-state index in [0.717, 1.165) is 24.9 Å². The predicted molar refractivity (Wildman–Crippen MR) is 90.3 cm³/mol. The highest BCUT2D eigenvalue weighted by atomic mass is 16.5. The van der Waals surface area contributed by atoms with Gasteiger partial charge in [-0.05, 0) is 42.2 Å². The van der Waals surface area contributed by atoms with Crippen LogP contribution in [-0.2, 0) is 0 Å². The van der Waals surface area contributed by atoms with Crippen molar-refractivity contribution in [1.29, 1.82) is 0 Å². The van der Waals surface area contributed by atoms with Gasteiger partial charge in [0, 0.05) is 36.6 Å². The average molecular weight is 325 g/mol. The predicted octanol–water partition coefficient (Wildman–Crippen LogP) is 3.78. The molecule has 2 aromatic heterocycles. The first kappa shape index (κ1) is 15.4. The minimum absolute atomic E-state index is 0.0136. The minimum Gasteiger partial charge on any atom is -0.355 e. The molecular weight excluding hydrogens is 302 g/mol. The molecular formula is C19H23N3O2. The van der Waals surface area contributed by atoms with Gasteiger partial charge in [-0.1, -0.05) is 25.9 Å². The topological polar surface area (TPSA) is 59.2 Å². The van der Waals surface area contributed by atoms with Crippen molar-refractivity contribution in [3.63, 3.8) is 0 Å². The Morgan fingerprint density at radius 2 is 2.17 bits per heavy atom. The van der Waals surface area contributed by atoms with Crippen LogP contribution in [0.3, 0.4) is 0 Å². The van der Waals surface area contributed by atoms with Crippen LogP contribution in [0.1, 0.15) is 50.5 Å². The lowest BCUT2D eigenvalue weighted by atomic mass is 9.65. The summed E-state index contributed by atoms with van der Waals surface area (Å²) in [5.74, 6) is 0.570. The van der Waals surface area contributed by atoms with Crippen LogP contribution in [-0.4, -0.2) is 33.5 Å². The number of hydrogen-bond acceptors (Lipinski definition) is 4. The second-order valence-corrected chi connectivity index (χ2v) is 8.46. The molecule has 3 heterocycles. The summed E-state index contributed by atoms with van der Waals surface area (Å²) in [4.78, 5) is 19.1. The Hall–Kier alpha value is -2.17. The zero-order valence-corrected chi connectivity index (χ0v) is 14.5. The first-order valence-electron chi connectivity index (χ1n) is 8.53. The van der Waals surface area contributed by atoms with E-state index in [1.54, 1.807) is 18.5 Å². The van der Waals surface area contributed by atoms with Gasteiger partial charge in [0.1, 0.15) is 0 Å². The van der Waals surface area contributed by atoms with E-state index >= 15 is 0 Å².